The molecule has 0 saturated carbocycles. The Morgan fingerprint density at radius 1 is 1.00 bits per heavy atom. The van der Waals surface area contributed by atoms with Crippen LogP contribution in [0, 0.1) is 20.8 Å². The number of rotatable bonds is 4. The molecule has 0 atom stereocenters. The van der Waals surface area contributed by atoms with Crippen molar-refractivity contribution in [3.63, 3.8) is 0 Å². The zero-order valence-electron chi connectivity index (χ0n) is 12.5. The third-order valence-electron chi connectivity index (χ3n) is 3.42. The third kappa shape index (κ3) is 4.33. The molecule has 0 saturated heterocycles. The molecule has 1 amide bonds. The van der Waals surface area contributed by atoms with Crippen LogP contribution in [0.15, 0.2) is 40.9 Å². The maximum Gasteiger partial charge on any atom is 0.243 e. The van der Waals surface area contributed by atoms with Gasteiger partial charge in [0, 0.05) is 15.8 Å². The maximum atomic E-state index is 12.0. The number of aryl methyl sites for hydroxylation is 3. The summed E-state index contributed by atoms with van der Waals surface area (Å²) >= 11 is 3.41. The topological polar surface area (TPSA) is 41.1 Å². The molecular formula is C17H19BrN2O. The number of amides is 1. The Morgan fingerprint density at radius 2 is 1.76 bits per heavy atom. The molecule has 2 rings (SSSR count). The van der Waals surface area contributed by atoms with Crippen molar-refractivity contribution < 1.29 is 4.79 Å². The first-order chi connectivity index (χ1) is 9.95. The lowest BCUT2D eigenvalue weighted by Crippen LogP contribution is -2.22. The van der Waals surface area contributed by atoms with Crippen LogP contribution in [0.3, 0.4) is 0 Å². The highest BCUT2D eigenvalue weighted by atomic mass is 79.9. The zero-order chi connectivity index (χ0) is 15.4. The SMILES string of the molecule is Cc1ccc(NCC(=O)Nc2ccc(Br)cc2C)cc1C. The molecule has 0 fully saturated rings. The highest BCUT2D eigenvalue weighted by Gasteiger charge is 2.05. The number of hydrogen-bond acceptors (Lipinski definition) is 2. The molecule has 2 aromatic carbocycles. The number of halogens is 1. The summed E-state index contributed by atoms with van der Waals surface area (Å²) in [5.74, 6) is -0.0568. The average Bonchev–Trinajstić information content (AvgIpc) is 2.43. The molecule has 110 valence electrons. The normalized spacial score (nSPS) is 10.3. The minimum atomic E-state index is -0.0568. The second kappa shape index (κ2) is 6.76. The Kier molecular flexibility index (Phi) is 5.02. The van der Waals surface area contributed by atoms with Crippen molar-refractivity contribution in [1.82, 2.24) is 0 Å². The van der Waals surface area contributed by atoms with Crippen LogP contribution in [0.4, 0.5) is 11.4 Å². The second-order valence-electron chi connectivity index (χ2n) is 5.16. The first-order valence-corrected chi connectivity index (χ1v) is 7.62. The van der Waals surface area contributed by atoms with Gasteiger partial charge in [-0.2, -0.15) is 0 Å². The summed E-state index contributed by atoms with van der Waals surface area (Å²) in [6.07, 6.45) is 0. The number of hydrogen-bond donors (Lipinski definition) is 2. The summed E-state index contributed by atoms with van der Waals surface area (Å²) in [6, 6.07) is 11.9. The molecule has 0 aliphatic heterocycles. The van der Waals surface area contributed by atoms with Crippen LogP contribution in [-0.2, 0) is 4.79 Å². The van der Waals surface area contributed by atoms with Crippen LogP contribution < -0.4 is 10.6 Å². The number of anilines is 2. The van der Waals surface area contributed by atoms with Gasteiger partial charge in [-0.25, -0.2) is 0 Å². The summed E-state index contributed by atoms with van der Waals surface area (Å²) in [5, 5.41) is 6.05. The fourth-order valence-corrected chi connectivity index (χ4v) is 2.47. The van der Waals surface area contributed by atoms with Gasteiger partial charge in [0.1, 0.15) is 0 Å². The van der Waals surface area contributed by atoms with Gasteiger partial charge < -0.3 is 10.6 Å². The van der Waals surface area contributed by atoms with Crippen LogP contribution in [0.2, 0.25) is 0 Å². The molecule has 0 aliphatic rings. The number of carbonyl (C=O) groups is 1. The first kappa shape index (κ1) is 15.6. The molecule has 2 aromatic rings. The molecule has 3 nitrogen and oxygen atoms in total. The Labute approximate surface area is 133 Å². The van der Waals surface area contributed by atoms with Crippen molar-refractivity contribution in [2.75, 3.05) is 17.2 Å². The van der Waals surface area contributed by atoms with Gasteiger partial charge in [0.2, 0.25) is 5.91 Å². The lowest BCUT2D eigenvalue weighted by atomic mass is 10.1. The summed E-state index contributed by atoms with van der Waals surface area (Å²) in [5.41, 5.74) is 5.29. The highest BCUT2D eigenvalue weighted by molar-refractivity contribution is 9.10. The molecule has 2 N–H and O–H groups in total. The Bertz CT molecular complexity index is 668. The molecule has 0 unspecified atom stereocenters. The van der Waals surface area contributed by atoms with Crippen LogP contribution >= 0.6 is 15.9 Å². The molecule has 0 aliphatic carbocycles. The van der Waals surface area contributed by atoms with Crippen LogP contribution in [0.5, 0.6) is 0 Å². The predicted octanol–water partition coefficient (Wildman–Crippen LogP) is 4.42. The van der Waals surface area contributed by atoms with E-state index in [-0.39, 0.29) is 12.5 Å². The predicted molar refractivity (Wildman–Crippen MR) is 91.9 cm³/mol. The summed E-state index contributed by atoms with van der Waals surface area (Å²) in [4.78, 5) is 12.0. The van der Waals surface area contributed by atoms with E-state index in [0.29, 0.717) is 0 Å². The van der Waals surface area contributed by atoms with E-state index >= 15 is 0 Å². The lowest BCUT2D eigenvalue weighted by molar-refractivity contribution is -0.114. The van der Waals surface area contributed by atoms with E-state index in [1.165, 1.54) is 11.1 Å². The van der Waals surface area contributed by atoms with E-state index < -0.39 is 0 Å². The van der Waals surface area contributed by atoms with E-state index in [0.717, 1.165) is 21.4 Å². The third-order valence-corrected chi connectivity index (χ3v) is 3.92. The van der Waals surface area contributed by atoms with Gasteiger partial charge in [0.15, 0.2) is 0 Å². The van der Waals surface area contributed by atoms with Gasteiger partial charge in [0.05, 0.1) is 6.54 Å². The van der Waals surface area contributed by atoms with Crippen LogP contribution in [0.25, 0.3) is 0 Å². The largest absolute Gasteiger partial charge is 0.376 e. The number of benzene rings is 2. The molecule has 21 heavy (non-hydrogen) atoms. The minimum absolute atomic E-state index is 0.0568. The second-order valence-corrected chi connectivity index (χ2v) is 6.08. The molecule has 0 radical (unpaired) electrons. The van der Waals surface area contributed by atoms with E-state index in [1.54, 1.807) is 0 Å². The van der Waals surface area contributed by atoms with Crippen molar-refractivity contribution in [1.29, 1.82) is 0 Å². The van der Waals surface area contributed by atoms with Crippen LogP contribution in [0.1, 0.15) is 16.7 Å². The molecular weight excluding hydrogens is 328 g/mol. The standard InChI is InChI=1S/C17H19BrN2O/c1-11-4-6-15(9-12(11)2)19-10-17(21)20-16-7-5-14(18)8-13(16)3/h4-9,19H,10H2,1-3H3,(H,20,21). The van der Waals surface area contributed by atoms with Gasteiger partial charge >= 0.3 is 0 Å². The molecule has 0 spiro atoms. The fourth-order valence-electron chi connectivity index (χ4n) is 2.00. The average molecular weight is 347 g/mol. The van der Waals surface area contributed by atoms with Crippen LogP contribution in [-0.4, -0.2) is 12.5 Å². The first-order valence-electron chi connectivity index (χ1n) is 6.83. The molecule has 0 aromatic heterocycles. The van der Waals surface area contributed by atoms with Gasteiger partial charge in [-0.1, -0.05) is 22.0 Å². The van der Waals surface area contributed by atoms with E-state index in [1.807, 2.05) is 37.3 Å². The van der Waals surface area contributed by atoms with Gasteiger partial charge in [0.25, 0.3) is 0 Å². The lowest BCUT2D eigenvalue weighted by Gasteiger charge is -2.11. The zero-order valence-corrected chi connectivity index (χ0v) is 14.0. The summed E-state index contributed by atoms with van der Waals surface area (Å²) in [6.45, 7) is 6.35. The highest BCUT2D eigenvalue weighted by Crippen LogP contribution is 2.20. The van der Waals surface area contributed by atoms with Crippen molar-refractivity contribution in [3.05, 3.63) is 57.6 Å². The Morgan fingerprint density at radius 3 is 2.43 bits per heavy atom. The molecule has 4 heteroatoms. The van der Waals surface area contributed by atoms with Crippen molar-refractivity contribution in [2.24, 2.45) is 0 Å². The van der Waals surface area contributed by atoms with Gasteiger partial charge in [-0.15, -0.1) is 0 Å². The van der Waals surface area contributed by atoms with E-state index in [9.17, 15) is 4.79 Å². The van der Waals surface area contributed by atoms with Crippen molar-refractivity contribution in [3.8, 4) is 0 Å². The summed E-state index contributed by atoms with van der Waals surface area (Å²) < 4.78 is 1.01. The fraction of sp³-hybridized carbons (Fsp3) is 0.235. The van der Waals surface area contributed by atoms with Crippen molar-refractivity contribution in [2.45, 2.75) is 20.8 Å². The minimum Gasteiger partial charge on any atom is -0.376 e. The maximum absolute atomic E-state index is 12.0. The quantitative estimate of drug-likeness (QED) is 0.859. The molecule has 0 bridgehead atoms. The van der Waals surface area contributed by atoms with Crippen molar-refractivity contribution >= 4 is 33.2 Å². The molecule has 0 heterocycles. The van der Waals surface area contributed by atoms with E-state index in [4.69, 9.17) is 0 Å². The number of nitrogens with one attached hydrogen (secondary N) is 2. The van der Waals surface area contributed by atoms with Gasteiger partial charge in [-0.3, -0.25) is 4.79 Å². The van der Waals surface area contributed by atoms with Gasteiger partial charge in [-0.05, 0) is 67.8 Å². The Hall–Kier alpha value is -1.81. The summed E-state index contributed by atoms with van der Waals surface area (Å²) in [7, 11) is 0. The smallest absolute Gasteiger partial charge is 0.243 e. The Balaban J connectivity index is 1.94. The monoisotopic (exact) mass is 346 g/mol. The van der Waals surface area contributed by atoms with E-state index in [2.05, 4.69) is 46.5 Å². The number of carbonyl (C=O) groups excluding carboxylic acids is 1.